The number of carbonyl (C=O) groups is 4. The summed E-state index contributed by atoms with van der Waals surface area (Å²) in [6, 6.07) is 33.2. The molecule has 0 saturated heterocycles. The van der Waals surface area contributed by atoms with E-state index in [1.54, 1.807) is 135 Å². The van der Waals surface area contributed by atoms with Crippen molar-refractivity contribution in [2.45, 2.75) is 110 Å². The number of hydrogen-bond acceptors (Lipinski definition) is 8. The number of benzene rings is 4. The van der Waals surface area contributed by atoms with E-state index in [4.69, 9.17) is 25.5 Å². The predicted octanol–water partition coefficient (Wildman–Crippen LogP) is 8.55. The molecule has 0 fully saturated rings. The summed E-state index contributed by atoms with van der Waals surface area (Å²) in [5.41, 5.74) is -0.372. The summed E-state index contributed by atoms with van der Waals surface area (Å²) < 4.78 is 0. The number of carboxylic acid groups (broad SMARTS) is 4. The Kier molecular flexibility index (Phi) is 29.0. The van der Waals surface area contributed by atoms with Gasteiger partial charge in [0, 0.05) is 0 Å². The summed E-state index contributed by atoms with van der Waals surface area (Å²) in [7, 11) is 0. The van der Waals surface area contributed by atoms with Crippen LogP contribution >= 0.6 is 0 Å². The van der Waals surface area contributed by atoms with Gasteiger partial charge in [-0.3, -0.25) is 0 Å². The molecule has 8 N–H and O–H groups in total. The Labute approximate surface area is 336 Å². The number of aliphatic hydroxyl groups is 4. The van der Waals surface area contributed by atoms with E-state index in [1.807, 2.05) is 27.7 Å². The fourth-order valence-electron chi connectivity index (χ4n) is 4.85. The molecule has 4 aromatic rings. The maximum Gasteiger partial charge on any atom is 0.335 e. The molecule has 0 saturated carbocycles. The molecule has 0 bridgehead atoms. The molecule has 0 amide bonds. The average molecular weight is 795 g/mol. The van der Waals surface area contributed by atoms with Crippen molar-refractivity contribution in [1.82, 2.24) is 0 Å². The lowest BCUT2D eigenvalue weighted by Gasteiger charge is -2.30. The Morgan fingerprint density at radius 1 is 0.421 bits per heavy atom. The van der Waals surface area contributed by atoms with Gasteiger partial charge in [-0.1, -0.05) is 120 Å². The highest BCUT2D eigenvalue weighted by Crippen LogP contribution is 2.23. The third kappa shape index (κ3) is 24.7. The first-order chi connectivity index (χ1) is 26.8. The van der Waals surface area contributed by atoms with Gasteiger partial charge in [-0.05, 0) is 88.1 Å². The summed E-state index contributed by atoms with van der Waals surface area (Å²) in [4.78, 5) is 40.8. The summed E-state index contributed by atoms with van der Waals surface area (Å²) in [5.74, 6) is -3.52. The van der Waals surface area contributed by atoms with Crippen molar-refractivity contribution in [3.05, 3.63) is 144 Å². The van der Waals surface area contributed by atoms with Crippen LogP contribution in [0.5, 0.6) is 0 Å². The van der Waals surface area contributed by atoms with Gasteiger partial charge in [0.15, 0.2) is 0 Å². The summed E-state index contributed by atoms with van der Waals surface area (Å²) in [5, 5.41) is 71.5. The van der Waals surface area contributed by atoms with Crippen LogP contribution in [0.3, 0.4) is 0 Å². The lowest BCUT2D eigenvalue weighted by molar-refractivity contribution is -0.0778. The molecular formula is C45H62O12. The Balaban J connectivity index is 0. The van der Waals surface area contributed by atoms with E-state index in [-0.39, 0.29) is 0 Å². The van der Waals surface area contributed by atoms with Crippen molar-refractivity contribution >= 4 is 23.9 Å². The second kappa shape index (κ2) is 30.8. The van der Waals surface area contributed by atoms with Gasteiger partial charge in [-0.15, -0.1) is 0 Å². The first-order valence-electron chi connectivity index (χ1n) is 18.8. The Morgan fingerprint density at radius 2 is 0.614 bits per heavy atom. The number of hydrogen-bond donors (Lipinski definition) is 8. The quantitative estimate of drug-likeness (QED) is 0.0636. The molecule has 12 heteroatoms. The van der Waals surface area contributed by atoms with E-state index in [0.717, 1.165) is 19.3 Å². The van der Waals surface area contributed by atoms with Gasteiger partial charge in [0.25, 0.3) is 0 Å². The fraction of sp³-hybridized carbons (Fsp3) is 0.378. The van der Waals surface area contributed by atoms with Crippen LogP contribution in [-0.4, -0.2) is 88.1 Å². The van der Waals surface area contributed by atoms with Crippen molar-refractivity contribution in [2.24, 2.45) is 0 Å². The summed E-state index contributed by atoms with van der Waals surface area (Å²) in [6.07, 6.45) is 4.22. The van der Waals surface area contributed by atoms with Crippen molar-refractivity contribution in [1.29, 1.82) is 0 Å². The third-order valence-corrected chi connectivity index (χ3v) is 8.30. The number of carboxylic acids is 4. The highest BCUT2D eigenvalue weighted by molar-refractivity contribution is 5.88. The number of rotatable bonds is 13. The van der Waals surface area contributed by atoms with Crippen LogP contribution in [0.15, 0.2) is 121 Å². The zero-order chi connectivity index (χ0) is 43.9. The first kappa shape index (κ1) is 53.7. The number of aromatic carboxylic acids is 4. The second-order valence-corrected chi connectivity index (χ2v) is 12.8. The van der Waals surface area contributed by atoms with Gasteiger partial charge in [0.2, 0.25) is 0 Å². The Bertz CT molecular complexity index is 1430. The lowest BCUT2D eigenvalue weighted by Crippen LogP contribution is -2.40. The van der Waals surface area contributed by atoms with E-state index < -0.39 is 47.3 Å². The minimum absolute atomic E-state index is 0.331. The molecule has 4 rings (SSSR count). The van der Waals surface area contributed by atoms with Crippen LogP contribution < -0.4 is 0 Å². The molecule has 0 aliphatic heterocycles. The van der Waals surface area contributed by atoms with E-state index in [9.17, 15) is 34.5 Å². The zero-order valence-electron chi connectivity index (χ0n) is 33.9. The van der Waals surface area contributed by atoms with Crippen LogP contribution in [-0.2, 0) is 0 Å². The maximum absolute atomic E-state index is 10.2. The predicted molar refractivity (Wildman–Crippen MR) is 222 cm³/mol. The molecule has 3 unspecified atom stereocenters. The van der Waals surface area contributed by atoms with Crippen LogP contribution in [0.2, 0.25) is 0 Å². The molecule has 0 heterocycles. The van der Waals surface area contributed by atoms with Crippen molar-refractivity contribution in [2.75, 3.05) is 0 Å². The van der Waals surface area contributed by atoms with Gasteiger partial charge < -0.3 is 40.9 Å². The second-order valence-electron chi connectivity index (χ2n) is 12.8. The molecule has 4 aromatic carbocycles. The lowest BCUT2D eigenvalue weighted by atomic mass is 9.88. The van der Waals surface area contributed by atoms with Crippen LogP contribution in [0.25, 0.3) is 0 Å². The third-order valence-electron chi connectivity index (χ3n) is 8.30. The highest BCUT2D eigenvalue weighted by atomic mass is 16.4. The molecule has 0 spiro atoms. The topological polar surface area (TPSA) is 230 Å². The SMILES string of the molecule is CCCC(O)(CC)C(C)O.CCCC(O)(CCC)C(C)O.O=C(O)c1ccccc1.O=C(O)c1ccccc1.O=C(O)c1ccccc1.O=C(O)c1ccccc1. The monoisotopic (exact) mass is 794 g/mol. The summed E-state index contributed by atoms with van der Waals surface area (Å²) in [6.45, 7) is 11.2. The minimum Gasteiger partial charge on any atom is -0.478 e. The normalized spacial score (nSPS) is 12.0. The van der Waals surface area contributed by atoms with Gasteiger partial charge in [-0.2, -0.15) is 0 Å². The van der Waals surface area contributed by atoms with E-state index in [1.165, 1.54) is 0 Å². The molecule has 57 heavy (non-hydrogen) atoms. The smallest absolute Gasteiger partial charge is 0.335 e. The molecule has 3 atom stereocenters. The molecule has 12 nitrogen and oxygen atoms in total. The standard InChI is InChI=1S/C9H20O2.C8H18O2.4C7H6O2/c1-4-6-9(11,7-5-2)8(3)10;1-4-6-8(10,5-2)7(3)9;4*8-7(9)6-4-2-1-3-5-6/h8,10-11H,4-7H2,1-3H3;7,9-10H,4-6H2,1-3H3;4*1-5H,(H,8,9). The Morgan fingerprint density at radius 3 is 0.719 bits per heavy atom. The van der Waals surface area contributed by atoms with Crippen LogP contribution in [0.4, 0.5) is 0 Å². The molecule has 314 valence electrons. The first-order valence-corrected chi connectivity index (χ1v) is 18.8. The molecule has 0 aromatic heterocycles. The molecule has 0 radical (unpaired) electrons. The van der Waals surface area contributed by atoms with Gasteiger partial charge in [0.1, 0.15) is 0 Å². The fourth-order valence-corrected chi connectivity index (χ4v) is 4.85. The van der Waals surface area contributed by atoms with E-state index >= 15 is 0 Å². The van der Waals surface area contributed by atoms with Gasteiger partial charge in [0.05, 0.1) is 45.7 Å². The average Bonchev–Trinajstić information content (AvgIpc) is 3.20. The van der Waals surface area contributed by atoms with Crippen molar-refractivity contribution < 1.29 is 60.0 Å². The molecule has 0 aliphatic rings. The zero-order valence-corrected chi connectivity index (χ0v) is 33.9. The van der Waals surface area contributed by atoms with Crippen LogP contribution in [0.1, 0.15) is 128 Å². The largest absolute Gasteiger partial charge is 0.478 e. The highest BCUT2D eigenvalue weighted by Gasteiger charge is 2.30. The van der Waals surface area contributed by atoms with Crippen molar-refractivity contribution in [3.63, 3.8) is 0 Å². The van der Waals surface area contributed by atoms with Crippen molar-refractivity contribution in [3.8, 4) is 0 Å². The van der Waals surface area contributed by atoms with E-state index in [2.05, 4.69) is 0 Å². The Hall–Kier alpha value is -5.40. The summed E-state index contributed by atoms with van der Waals surface area (Å²) >= 11 is 0. The maximum atomic E-state index is 10.2. The van der Waals surface area contributed by atoms with E-state index in [0.29, 0.717) is 47.9 Å². The van der Waals surface area contributed by atoms with Gasteiger partial charge >= 0.3 is 23.9 Å². The van der Waals surface area contributed by atoms with Gasteiger partial charge in [-0.25, -0.2) is 19.2 Å². The minimum atomic E-state index is -0.879. The van der Waals surface area contributed by atoms with Crippen LogP contribution in [0, 0.1) is 0 Å². The number of aliphatic hydroxyl groups excluding tert-OH is 2. The molecule has 0 aliphatic carbocycles. The molecular weight excluding hydrogens is 732 g/mol.